The summed E-state index contributed by atoms with van der Waals surface area (Å²) in [6, 6.07) is 0.399. The standard InChI is InChI=1S/C16H32N2O3/c1-20-12-13-21-11-7-6-10-17-14-16(19)18-15-8-4-2-3-5-9-15/h15,17H,2-14H2,1H3,(H,18,19). The lowest BCUT2D eigenvalue weighted by Gasteiger charge is -2.16. The summed E-state index contributed by atoms with van der Waals surface area (Å²) in [7, 11) is 1.67. The van der Waals surface area contributed by atoms with Crippen molar-refractivity contribution in [1.82, 2.24) is 10.6 Å². The van der Waals surface area contributed by atoms with Crippen molar-refractivity contribution >= 4 is 5.91 Å². The molecule has 1 rings (SSSR count). The minimum atomic E-state index is 0.137. The summed E-state index contributed by atoms with van der Waals surface area (Å²) in [4.78, 5) is 11.8. The average Bonchev–Trinajstić information content (AvgIpc) is 2.74. The molecule has 1 saturated carbocycles. The van der Waals surface area contributed by atoms with Gasteiger partial charge in [-0.05, 0) is 32.2 Å². The van der Waals surface area contributed by atoms with E-state index < -0.39 is 0 Å². The Hall–Kier alpha value is -0.650. The Morgan fingerprint density at radius 1 is 1.05 bits per heavy atom. The molecule has 1 amide bonds. The van der Waals surface area contributed by atoms with Crippen molar-refractivity contribution in [2.75, 3.05) is 40.0 Å². The first-order chi connectivity index (χ1) is 10.3. The molecule has 124 valence electrons. The van der Waals surface area contributed by atoms with Crippen molar-refractivity contribution in [2.45, 2.75) is 57.4 Å². The van der Waals surface area contributed by atoms with Gasteiger partial charge in [0.15, 0.2) is 0 Å². The number of ether oxygens (including phenoxy) is 2. The Bertz CT molecular complexity index is 254. The molecule has 1 fully saturated rings. The highest BCUT2D eigenvalue weighted by Crippen LogP contribution is 2.16. The number of hydrogen-bond donors (Lipinski definition) is 2. The van der Waals surface area contributed by atoms with E-state index in [0.29, 0.717) is 25.8 Å². The highest BCUT2D eigenvalue weighted by Gasteiger charge is 2.13. The summed E-state index contributed by atoms with van der Waals surface area (Å²) in [5.41, 5.74) is 0. The Kier molecular flexibility index (Phi) is 11.4. The molecule has 0 aromatic rings. The van der Waals surface area contributed by atoms with Crippen LogP contribution in [0.1, 0.15) is 51.4 Å². The van der Waals surface area contributed by atoms with Gasteiger partial charge in [0.1, 0.15) is 0 Å². The summed E-state index contributed by atoms with van der Waals surface area (Å²) in [5, 5.41) is 6.34. The average molecular weight is 300 g/mol. The van der Waals surface area contributed by atoms with E-state index in [1.165, 1.54) is 25.7 Å². The molecule has 2 N–H and O–H groups in total. The fraction of sp³-hybridized carbons (Fsp3) is 0.938. The maximum Gasteiger partial charge on any atom is 0.234 e. The second-order valence-corrected chi connectivity index (χ2v) is 5.75. The second kappa shape index (κ2) is 13.0. The molecule has 5 heteroatoms. The molecule has 0 aliphatic heterocycles. The lowest BCUT2D eigenvalue weighted by atomic mass is 10.1. The van der Waals surface area contributed by atoms with Crippen LogP contribution in [0.2, 0.25) is 0 Å². The van der Waals surface area contributed by atoms with Crippen LogP contribution in [0.15, 0.2) is 0 Å². The number of carbonyl (C=O) groups excluding carboxylic acids is 1. The van der Waals surface area contributed by atoms with E-state index in [1.807, 2.05) is 0 Å². The van der Waals surface area contributed by atoms with Crippen LogP contribution in [-0.2, 0) is 14.3 Å². The molecule has 1 aliphatic carbocycles. The zero-order chi connectivity index (χ0) is 15.2. The maximum absolute atomic E-state index is 11.8. The molecular weight excluding hydrogens is 268 g/mol. The highest BCUT2D eigenvalue weighted by molar-refractivity contribution is 5.78. The normalized spacial score (nSPS) is 16.6. The minimum absolute atomic E-state index is 0.137. The van der Waals surface area contributed by atoms with Crippen molar-refractivity contribution in [1.29, 1.82) is 0 Å². The maximum atomic E-state index is 11.8. The van der Waals surface area contributed by atoms with Crippen molar-refractivity contribution in [3.05, 3.63) is 0 Å². The molecule has 0 bridgehead atoms. The zero-order valence-electron chi connectivity index (χ0n) is 13.5. The molecule has 0 unspecified atom stereocenters. The van der Waals surface area contributed by atoms with Gasteiger partial charge >= 0.3 is 0 Å². The van der Waals surface area contributed by atoms with Gasteiger partial charge in [0, 0.05) is 19.8 Å². The number of amides is 1. The molecule has 0 atom stereocenters. The topological polar surface area (TPSA) is 59.6 Å². The van der Waals surface area contributed by atoms with Gasteiger partial charge in [0.25, 0.3) is 0 Å². The number of carbonyl (C=O) groups is 1. The van der Waals surface area contributed by atoms with Gasteiger partial charge in [-0.1, -0.05) is 25.7 Å². The number of methoxy groups -OCH3 is 1. The fourth-order valence-electron chi connectivity index (χ4n) is 2.60. The third kappa shape index (κ3) is 10.7. The third-order valence-corrected chi connectivity index (χ3v) is 3.83. The van der Waals surface area contributed by atoms with Gasteiger partial charge in [-0.15, -0.1) is 0 Å². The molecule has 0 radical (unpaired) electrons. The van der Waals surface area contributed by atoms with Gasteiger partial charge in [0.2, 0.25) is 5.91 Å². The lowest BCUT2D eigenvalue weighted by molar-refractivity contribution is -0.121. The summed E-state index contributed by atoms with van der Waals surface area (Å²) < 4.78 is 10.3. The van der Waals surface area contributed by atoms with Crippen molar-refractivity contribution in [3.8, 4) is 0 Å². The first-order valence-electron chi connectivity index (χ1n) is 8.39. The fourth-order valence-corrected chi connectivity index (χ4v) is 2.60. The van der Waals surface area contributed by atoms with Crippen LogP contribution in [0.25, 0.3) is 0 Å². The summed E-state index contributed by atoms with van der Waals surface area (Å²) in [5.74, 6) is 0.137. The van der Waals surface area contributed by atoms with Crippen LogP contribution in [0.4, 0.5) is 0 Å². The van der Waals surface area contributed by atoms with Gasteiger partial charge in [0.05, 0.1) is 19.8 Å². The predicted octanol–water partition coefficient (Wildman–Crippen LogP) is 1.86. The van der Waals surface area contributed by atoms with Gasteiger partial charge < -0.3 is 20.1 Å². The molecule has 1 aliphatic rings. The van der Waals surface area contributed by atoms with Crippen LogP contribution in [0.5, 0.6) is 0 Å². The van der Waals surface area contributed by atoms with Crippen LogP contribution in [-0.4, -0.2) is 52.0 Å². The number of unbranched alkanes of at least 4 members (excludes halogenated alkanes) is 1. The van der Waals surface area contributed by atoms with E-state index in [-0.39, 0.29) is 5.91 Å². The first kappa shape index (κ1) is 18.4. The molecule has 0 spiro atoms. The second-order valence-electron chi connectivity index (χ2n) is 5.75. The molecule has 0 saturated heterocycles. The van der Waals surface area contributed by atoms with E-state index in [1.54, 1.807) is 7.11 Å². The van der Waals surface area contributed by atoms with Gasteiger partial charge in [-0.25, -0.2) is 0 Å². The highest BCUT2D eigenvalue weighted by atomic mass is 16.5. The minimum Gasteiger partial charge on any atom is -0.382 e. The molecule has 0 heterocycles. The Morgan fingerprint density at radius 3 is 2.52 bits per heavy atom. The molecule has 21 heavy (non-hydrogen) atoms. The number of rotatable bonds is 11. The lowest BCUT2D eigenvalue weighted by Crippen LogP contribution is -2.40. The van der Waals surface area contributed by atoms with Gasteiger partial charge in [-0.2, -0.15) is 0 Å². The SMILES string of the molecule is COCCOCCCCNCC(=O)NC1CCCCCC1. The number of hydrogen-bond acceptors (Lipinski definition) is 4. The largest absolute Gasteiger partial charge is 0.382 e. The molecular formula is C16H32N2O3. The van der Waals surface area contributed by atoms with E-state index in [4.69, 9.17) is 9.47 Å². The molecule has 0 aromatic carbocycles. The summed E-state index contributed by atoms with van der Waals surface area (Å²) >= 11 is 0. The van der Waals surface area contributed by atoms with E-state index >= 15 is 0 Å². The van der Waals surface area contributed by atoms with E-state index in [2.05, 4.69) is 10.6 Å². The Labute approximate surface area is 129 Å². The van der Waals surface area contributed by atoms with Gasteiger partial charge in [-0.3, -0.25) is 4.79 Å². The third-order valence-electron chi connectivity index (χ3n) is 3.83. The number of nitrogens with one attached hydrogen (secondary N) is 2. The monoisotopic (exact) mass is 300 g/mol. The van der Waals surface area contributed by atoms with Crippen molar-refractivity contribution in [2.24, 2.45) is 0 Å². The molecule has 0 aromatic heterocycles. The smallest absolute Gasteiger partial charge is 0.234 e. The van der Waals surface area contributed by atoms with E-state index in [0.717, 1.165) is 38.8 Å². The van der Waals surface area contributed by atoms with Crippen molar-refractivity contribution in [3.63, 3.8) is 0 Å². The van der Waals surface area contributed by atoms with E-state index in [9.17, 15) is 4.79 Å². The summed E-state index contributed by atoms with van der Waals surface area (Å²) in [6.07, 6.45) is 9.47. The zero-order valence-corrected chi connectivity index (χ0v) is 13.5. The van der Waals surface area contributed by atoms with Crippen LogP contribution in [0.3, 0.4) is 0 Å². The summed E-state index contributed by atoms with van der Waals surface area (Å²) in [6.45, 7) is 3.37. The Balaban J connectivity index is 1.88. The quantitative estimate of drug-likeness (QED) is 0.452. The van der Waals surface area contributed by atoms with Crippen molar-refractivity contribution < 1.29 is 14.3 Å². The first-order valence-corrected chi connectivity index (χ1v) is 8.39. The molecule has 5 nitrogen and oxygen atoms in total. The van der Waals surface area contributed by atoms with Crippen LogP contribution in [0, 0.1) is 0 Å². The Morgan fingerprint density at radius 2 is 1.81 bits per heavy atom. The van der Waals surface area contributed by atoms with Crippen LogP contribution < -0.4 is 10.6 Å². The van der Waals surface area contributed by atoms with Crippen LogP contribution >= 0.6 is 0 Å². The predicted molar refractivity (Wildman–Crippen MR) is 84.4 cm³/mol.